The Morgan fingerprint density at radius 1 is 1.03 bits per heavy atom. The minimum Gasteiger partial charge on any atom is -0.366 e. The molecular weight excluding hydrogens is 485 g/mol. The van der Waals surface area contributed by atoms with Crippen molar-refractivity contribution in [2.75, 3.05) is 50.1 Å². The first-order valence-corrected chi connectivity index (χ1v) is 12.0. The Morgan fingerprint density at radius 3 is 2.40 bits per heavy atom. The number of primary amides is 1. The van der Waals surface area contributed by atoms with Gasteiger partial charge in [-0.3, -0.25) is 14.5 Å². The number of hydrogen-bond donors (Lipinski definition) is 1. The summed E-state index contributed by atoms with van der Waals surface area (Å²) in [5.74, 6) is -0.255. The van der Waals surface area contributed by atoms with E-state index >= 15 is 0 Å². The molecule has 0 radical (unpaired) electrons. The van der Waals surface area contributed by atoms with Crippen LogP contribution in [0.4, 0.5) is 11.5 Å². The van der Waals surface area contributed by atoms with Gasteiger partial charge in [0.1, 0.15) is 0 Å². The molecule has 2 heterocycles. The predicted octanol–water partition coefficient (Wildman–Crippen LogP) is 4.49. The summed E-state index contributed by atoms with van der Waals surface area (Å²) in [7, 11) is 3.78. The number of aryl methyl sites for hydroxylation is 1. The number of piperazine rings is 1. The van der Waals surface area contributed by atoms with Crippen LogP contribution in [0.2, 0.25) is 10.0 Å². The Morgan fingerprint density at radius 2 is 1.74 bits per heavy atom. The lowest BCUT2D eigenvalue weighted by atomic mass is 10.0. The van der Waals surface area contributed by atoms with Crippen molar-refractivity contribution in [1.82, 2.24) is 9.88 Å². The quantitative estimate of drug-likeness (QED) is 0.545. The number of benzene rings is 2. The summed E-state index contributed by atoms with van der Waals surface area (Å²) in [6.07, 6.45) is 1.66. The van der Waals surface area contributed by atoms with Gasteiger partial charge in [0, 0.05) is 61.1 Å². The van der Waals surface area contributed by atoms with Crippen molar-refractivity contribution in [3.8, 4) is 11.1 Å². The summed E-state index contributed by atoms with van der Waals surface area (Å²) in [5.41, 5.74) is 9.26. The largest absolute Gasteiger partial charge is 0.366 e. The van der Waals surface area contributed by atoms with Crippen molar-refractivity contribution in [2.45, 2.75) is 6.92 Å². The number of hydrogen-bond acceptors (Lipinski definition) is 5. The first kappa shape index (κ1) is 25.0. The summed E-state index contributed by atoms with van der Waals surface area (Å²) < 4.78 is 0. The zero-order valence-electron chi connectivity index (χ0n) is 19.9. The maximum atomic E-state index is 13.5. The lowest BCUT2D eigenvalue weighted by Crippen LogP contribution is -2.45. The summed E-state index contributed by atoms with van der Waals surface area (Å²) >= 11 is 12.9. The average Bonchev–Trinajstić information content (AvgIpc) is 2.83. The molecular formula is C26H27Cl2N5O2. The highest BCUT2D eigenvalue weighted by Gasteiger charge is 2.26. The Hall–Kier alpha value is -3.13. The summed E-state index contributed by atoms with van der Waals surface area (Å²) in [4.78, 5) is 35.9. The lowest BCUT2D eigenvalue weighted by molar-refractivity contribution is 0.0987. The van der Waals surface area contributed by atoms with Crippen LogP contribution >= 0.6 is 23.2 Å². The molecule has 2 amide bonds. The van der Waals surface area contributed by atoms with Gasteiger partial charge in [-0.05, 0) is 49.9 Å². The number of amides is 2. The fourth-order valence-electron chi connectivity index (χ4n) is 4.20. The normalized spacial score (nSPS) is 14.1. The van der Waals surface area contributed by atoms with Crippen molar-refractivity contribution in [3.05, 3.63) is 75.4 Å². The third-order valence-electron chi connectivity index (χ3n) is 6.31. The molecule has 182 valence electrons. The second-order valence-electron chi connectivity index (χ2n) is 8.71. The van der Waals surface area contributed by atoms with Gasteiger partial charge in [0.25, 0.3) is 5.91 Å². The smallest absolute Gasteiger partial charge is 0.261 e. The molecule has 1 aromatic heterocycles. The number of pyridine rings is 1. The molecule has 2 N–H and O–H groups in total. The molecule has 3 aromatic rings. The first-order chi connectivity index (χ1) is 16.7. The van der Waals surface area contributed by atoms with Crippen LogP contribution in [-0.4, -0.2) is 62.0 Å². The summed E-state index contributed by atoms with van der Waals surface area (Å²) in [6, 6.07) is 12.3. The molecule has 0 bridgehead atoms. The highest BCUT2D eigenvalue weighted by molar-refractivity contribution is 6.35. The molecule has 0 aliphatic carbocycles. The van der Waals surface area contributed by atoms with E-state index in [4.69, 9.17) is 33.9 Å². The molecule has 1 saturated heterocycles. The van der Waals surface area contributed by atoms with E-state index < -0.39 is 5.91 Å². The van der Waals surface area contributed by atoms with Crippen LogP contribution in [0.1, 0.15) is 26.3 Å². The van der Waals surface area contributed by atoms with Gasteiger partial charge in [0.05, 0.1) is 16.3 Å². The standard InChI is InChI=1S/C26H27Cl2N5O2/c1-16-5-4-6-21(28)23(16)26(35)32(3)25-22(33-11-9-31(2)10-12-33)14-18(15-30-25)19-13-17(24(29)34)7-8-20(19)27/h4-8,13-15H,9-12H2,1-3H3,(H2,29,34). The zero-order valence-corrected chi connectivity index (χ0v) is 21.4. The molecule has 0 unspecified atom stereocenters. The second kappa shape index (κ2) is 10.2. The van der Waals surface area contributed by atoms with Gasteiger partial charge < -0.3 is 15.5 Å². The molecule has 0 saturated carbocycles. The van der Waals surface area contributed by atoms with Gasteiger partial charge in [0.15, 0.2) is 5.82 Å². The minimum absolute atomic E-state index is 0.238. The van der Waals surface area contributed by atoms with Crippen LogP contribution < -0.4 is 15.5 Å². The van der Waals surface area contributed by atoms with E-state index in [2.05, 4.69) is 16.8 Å². The topological polar surface area (TPSA) is 82.8 Å². The van der Waals surface area contributed by atoms with E-state index in [9.17, 15) is 9.59 Å². The minimum atomic E-state index is -0.535. The number of carbonyl (C=O) groups is 2. The predicted molar refractivity (Wildman–Crippen MR) is 142 cm³/mol. The molecule has 0 spiro atoms. The van der Waals surface area contributed by atoms with Gasteiger partial charge in [-0.1, -0.05) is 35.3 Å². The monoisotopic (exact) mass is 511 g/mol. The molecule has 35 heavy (non-hydrogen) atoms. The third-order valence-corrected chi connectivity index (χ3v) is 6.96. The number of halogens is 2. The highest BCUT2D eigenvalue weighted by atomic mass is 35.5. The Balaban J connectivity index is 1.81. The Bertz CT molecular complexity index is 1270. The molecule has 4 rings (SSSR count). The molecule has 7 nitrogen and oxygen atoms in total. The van der Waals surface area contributed by atoms with Gasteiger partial charge in [-0.15, -0.1) is 0 Å². The first-order valence-electron chi connectivity index (χ1n) is 11.2. The van der Waals surface area contributed by atoms with Crippen LogP contribution in [-0.2, 0) is 0 Å². The second-order valence-corrected chi connectivity index (χ2v) is 9.53. The molecule has 9 heteroatoms. The summed E-state index contributed by atoms with van der Waals surface area (Å²) in [5, 5.41) is 0.875. The van der Waals surface area contributed by atoms with Crippen LogP contribution in [0.5, 0.6) is 0 Å². The fraction of sp³-hybridized carbons (Fsp3) is 0.269. The van der Waals surface area contributed by atoms with Crippen LogP contribution in [0.25, 0.3) is 11.1 Å². The maximum absolute atomic E-state index is 13.5. The van der Waals surface area contributed by atoms with Gasteiger partial charge in [0.2, 0.25) is 5.91 Å². The zero-order chi connectivity index (χ0) is 25.3. The van der Waals surface area contributed by atoms with Crippen LogP contribution in [0, 0.1) is 6.92 Å². The number of rotatable bonds is 5. The van der Waals surface area contributed by atoms with Crippen molar-refractivity contribution >= 4 is 46.5 Å². The van der Waals surface area contributed by atoms with Crippen LogP contribution in [0.15, 0.2) is 48.7 Å². The number of nitrogens with zero attached hydrogens (tertiary/aromatic N) is 4. The third kappa shape index (κ3) is 5.12. The van der Waals surface area contributed by atoms with E-state index in [1.54, 1.807) is 37.5 Å². The van der Waals surface area contributed by atoms with Gasteiger partial charge in [-0.25, -0.2) is 4.98 Å². The van der Waals surface area contributed by atoms with Crippen molar-refractivity contribution in [1.29, 1.82) is 0 Å². The number of anilines is 2. The number of likely N-dealkylation sites (N-methyl/N-ethyl adjacent to an activating group) is 1. The number of nitrogens with two attached hydrogens (primary N) is 1. The van der Waals surface area contributed by atoms with Gasteiger partial charge >= 0.3 is 0 Å². The van der Waals surface area contributed by atoms with E-state index in [0.717, 1.165) is 43.0 Å². The van der Waals surface area contributed by atoms with Gasteiger partial charge in [-0.2, -0.15) is 0 Å². The van der Waals surface area contributed by atoms with Crippen molar-refractivity contribution in [3.63, 3.8) is 0 Å². The number of carbonyl (C=O) groups excluding carboxylic acids is 2. The highest BCUT2D eigenvalue weighted by Crippen LogP contribution is 2.36. The molecule has 2 aromatic carbocycles. The summed E-state index contributed by atoms with van der Waals surface area (Å²) in [6.45, 7) is 5.16. The van der Waals surface area contributed by atoms with E-state index in [1.165, 1.54) is 4.90 Å². The SMILES string of the molecule is Cc1cccc(Cl)c1C(=O)N(C)c1ncc(-c2cc(C(N)=O)ccc2Cl)cc1N1CCN(C)CC1. The van der Waals surface area contributed by atoms with E-state index in [0.29, 0.717) is 32.6 Å². The Labute approximate surface area is 215 Å². The maximum Gasteiger partial charge on any atom is 0.261 e. The fourth-order valence-corrected chi connectivity index (χ4v) is 4.73. The molecule has 0 atom stereocenters. The lowest BCUT2D eigenvalue weighted by Gasteiger charge is -2.36. The van der Waals surface area contributed by atoms with Crippen molar-refractivity contribution < 1.29 is 9.59 Å². The molecule has 1 aliphatic rings. The molecule has 1 aliphatic heterocycles. The van der Waals surface area contributed by atoms with Crippen molar-refractivity contribution in [2.24, 2.45) is 5.73 Å². The van der Waals surface area contributed by atoms with Crippen LogP contribution in [0.3, 0.4) is 0 Å². The Kier molecular flexibility index (Phi) is 7.31. The average molecular weight is 512 g/mol. The van der Waals surface area contributed by atoms with E-state index in [-0.39, 0.29) is 5.91 Å². The molecule has 1 fully saturated rings. The number of aromatic nitrogens is 1. The van der Waals surface area contributed by atoms with E-state index in [1.807, 2.05) is 25.1 Å².